The van der Waals surface area contributed by atoms with Crippen molar-refractivity contribution in [2.45, 2.75) is 43.7 Å². The lowest BCUT2D eigenvalue weighted by atomic mass is 9.83. The van der Waals surface area contributed by atoms with Crippen LogP contribution in [0.25, 0.3) is 0 Å². The van der Waals surface area contributed by atoms with Crippen molar-refractivity contribution >= 4 is 15.9 Å². The van der Waals surface area contributed by atoms with Crippen LogP contribution < -0.4 is 4.74 Å². The predicted molar refractivity (Wildman–Crippen MR) is 83.2 cm³/mol. The normalized spacial score (nSPS) is 30.2. The third-order valence-corrected chi connectivity index (χ3v) is 5.30. The number of aliphatic hydroxyl groups is 1. The Balaban J connectivity index is 1.84. The van der Waals surface area contributed by atoms with E-state index in [0.717, 1.165) is 41.7 Å². The van der Waals surface area contributed by atoms with Gasteiger partial charge in [0.25, 0.3) is 0 Å². The summed E-state index contributed by atoms with van der Waals surface area (Å²) in [5.74, 6) is 0.871. The van der Waals surface area contributed by atoms with Crippen molar-refractivity contribution in [3.05, 3.63) is 28.2 Å². The van der Waals surface area contributed by atoms with Crippen LogP contribution in [0.2, 0.25) is 0 Å². The Bertz CT molecular complexity index is 493. The van der Waals surface area contributed by atoms with Crippen molar-refractivity contribution in [2.24, 2.45) is 0 Å². The van der Waals surface area contributed by atoms with Crippen molar-refractivity contribution in [1.29, 1.82) is 0 Å². The highest BCUT2D eigenvalue weighted by molar-refractivity contribution is 9.10. The number of rotatable bonds is 3. The zero-order chi connectivity index (χ0) is 14.2. The summed E-state index contributed by atoms with van der Waals surface area (Å²) in [4.78, 5) is 2.47. The van der Waals surface area contributed by atoms with Gasteiger partial charge in [0.15, 0.2) is 0 Å². The van der Waals surface area contributed by atoms with Gasteiger partial charge in [-0.2, -0.15) is 0 Å². The number of hydrogen-bond acceptors (Lipinski definition) is 3. The number of benzene rings is 1. The van der Waals surface area contributed by atoms with Crippen LogP contribution in [0.5, 0.6) is 5.75 Å². The minimum absolute atomic E-state index is 0.319. The van der Waals surface area contributed by atoms with Crippen LogP contribution in [0, 0.1) is 0 Å². The first kappa shape index (κ1) is 14.4. The topological polar surface area (TPSA) is 32.7 Å². The molecule has 0 aromatic heterocycles. The van der Waals surface area contributed by atoms with Gasteiger partial charge in [0.2, 0.25) is 0 Å². The van der Waals surface area contributed by atoms with E-state index < -0.39 is 5.60 Å². The molecule has 2 heterocycles. The van der Waals surface area contributed by atoms with E-state index in [0.29, 0.717) is 12.5 Å². The molecule has 2 saturated heterocycles. The smallest absolute Gasteiger partial charge is 0.122 e. The van der Waals surface area contributed by atoms with Gasteiger partial charge in [-0.3, -0.25) is 4.90 Å². The molecule has 20 heavy (non-hydrogen) atoms. The van der Waals surface area contributed by atoms with Crippen LogP contribution >= 0.6 is 15.9 Å². The lowest BCUT2D eigenvalue weighted by Crippen LogP contribution is -2.48. The standard InChI is InChI=1S/C16H22BrNO2/c1-20-14-6-5-13(17)10-12(14)11-16(19)7-9-18-8-3-2-4-15(16)18/h5-6,10,15,19H,2-4,7-9,11H2,1H3. The van der Waals surface area contributed by atoms with Crippen LogP contribution in [0.15, 0.2) is 22.7 Å². The first-order valence-corrected chi connectivity index (χ1v) is 8.20. The molecule has 1 N–H and O–H groups in total. The summed E-state index contributed by atoms with van der Waals surface area (Å²) in [5.41, 5.74) is 0.492. The molecule has 2 atom stereocenters. The molecular formula is C16H22BrNO2. The molecule has 0 amide bonds. The second kappa shape index (κ2) is 5.66. The Kier molecular flexibility index (Phi) is 4.07. The molecule has 110 valence electrons. The molecule has 0 bridgehead atoms. The second-order valence-corrected chi connectivity index (χ2v) is 6.95. The molecule has 0 aliphatic carbocycles. The zero-order valence-corrected chi connectivity index (χ0v) is 13.5. The maximum absolute atomic E-state index is 11.1. The lowest BCUT2D eigenvalue weighted by molar-refractivity contribution is -0.00923. The number of fused-ring (bicyclic) bond motifs is 1. The maximum atomic E-state index is 11.1. The minimum atomic E-state index is -0.603. The number of ether oxygens (including phenoxy) is 1. The molecule has 0 spiro atoms. The number of methoxy groups -OCH3 is 1. The Morgan fingerprint density at radius 3 is 3.05 bits per heavy atom. The van der Waals surface area contributed by atoms with E-state index in [-0.39, 0.29) is 0 Å². The highest BCUT2D eigenvalue weighted by Gasteiger charge is 2.46. The molecular weight excluding hydrogens is 318 g/mol. The van der Waals surface area contributed by atoms with Crippen molar-refractivity contribution < 1.29 is 9.84 Å². The summed E-state index contributed by atoms with van der Waals surface area (Å²) in [6.07, 6.45) is 5.17. The number of hydrogen-bond donors (Lipinski definition) is 1. The van der Waals surface area contributed by atoms with Crippen molar-refractivity contribution in [3.8, 4) is 5.75 Å². The summed E-state index contributed by atoms with van der Waals surface area (Å²) in [6.45, 7) is 2.17. The third kappa shape index (κ3) is 2.61. The van der Waals surface area contributed by atoms with Gasteiger partial charge in [0.05, 0.1) is 12.7 Å². The predicted octanol–water partition coefficient (Wildman–Crippen LogP) is 2.99. The molecule has 2 fully saturated rings. The fourth-order valence-electron chi connectivity index (χ4n) is 3.79. The van der Waals surface area contributed by atoms with Crippen LogP contribution in [-0.2, 0) is 6.42 Å². The average Bonchev–Trinajstić information content (AvgIpc) is 2.77. The number of piperidine rings is 1. The molecule has 3 rings (SSSR count). The minimum Gasteiger partial charge on any atom is -0.496 e. The first-order valence-electron chi connectivity index (χ1n) is 7.41. The largest absolute Gasteiger partial charge is 0.496 e. The monoisotopic (exact) mass is 339 g/mol. The number of nitrogens with zero attached hydrogens (tertiary/aromatic N) is 1. The zero-order valence-electron chi connectivity index (χ0n) is 11.9. The van der Waals surface area contributed by atoms with E-state index in [1.54, 1.807) is 7.11 Å². The fraction of sp³-hybridized carbons (Fsp3) is 0.625. The summed E-state index contributed by atoms with van der Waals surface area (Å²) < 4.78 is 6.48. The van der Waals surface area contributed by atoms with Gasteiger partial charge < -0.3 is 9.84 Å². The Hall–Kier alpha value is -0.580. The number of halogens is 1. The second-order valence-electron chi connectivity index (χ2n) is 6.03. The molecule has 0 saturated carbocycles. The Morgan fingerprint density at radius 2 is 2.25 bits per heavy atom. The molecule has 4 heteroatoms. The van der Waals surface area contributed by atoms with Gasteiger partial charge in [-0.15, -0.1) is 0 Å². The summed E-state index contributed by atoms with van der Waals surface area (Å²) in [5, 5.41) is 11.1. The summed E-state index contributed by atoms with van der Waals surface area (Å²) in [6, 6.07) is 6.34. The molecule has 3 nitrogen and oxygen atoms in total. The molecule has 2 unspecified atom stereocenters. The molecule has 1 aromatic rings. The highest BCUT2D eigenvalue weighted by Crippen LogP contribution is 2.39. The van der Waals surface area contributed by atoms with Crippen molar-refractivity contribution in [2.75, 3.05) is 20.2 Å². The van der Waals surface area contributed by atoms with Gasteiger partial charge in [-0.05, 0) is 49.6 Å². The lowest BCUT2D eigenvalue weighted by Gasteiger charge is -2.37. The fourth-order valence-corrected chi connectivity index (χ4v) is 4.20. The third-order valence-electron chi connectivity index (χ3n) is 4.80. The maximum Gasteiger partial charge on any atom is 0.122 e. The van der Waals surface area contributed by atoms with Gasteiger partial charge >= 0.3 is 0 Å². The van der Waals surface area contributed by atoms with Gasteiger partial charge in [0.1, 0.15) is 5.75 Å². The van der Waals surface area contributed by atoms with Crippen LogP contribution in [0.3, 0.4) is 0 Å². The van der Waals surface area contributed by atoms with Crippen molar-refractivity contribution in [1.82, 2.24) is 4.90 Å². The molecule has 1 aromatic carbocycles. The van der Waals surface area contributed by atoms with Gasteiger partial charge in [0, 0.05) is 23.5 Å². The van der Waals surface area contributed by atoms with E-state index in [1.165, 1.54) is 12.8 Å². The van der Waals surface area contributed by atoms with E-state index >= 15 is 0 Å². The summed E-state index contributed by atoms with van der Waals surface area (Å²) >= 11 is 3.51. The van der Waals surface area contributed by atoms with Crippen LogP contribution in [0.1, 0.15) is 31.2 Å². The van der Waals surface area contributed by atoms with Gasteiger partial charge in [-0.25, -0.2) is 0 Å². The molecule has 2 aliphatic rings. The van der Waals surface area contributed by atoms with Crippen LogP contribution in [0.4, 0.5) is 0 Å². The SMILES string of the molecule is COc1ccc(Br)cc1CC1(O)CCN2CCCCC21. The quantitative estimate of drug-likeness (QED) is 0.918. The van der Waals surface area contributed by atoms with E-state index in [9.17, 15) is 5.11 Å². The molecule has 0 radical (unpaired) electrons. The average molecular weight is 340 g/mol. The van der Waals surface area contributed by atoms with Gasteiger partial charge in [-0.1, -0.05) is 22.4 Å². The molecule has 2 aliphatic heterocycles. The van der Waals surface area contributed by atoms with E-state index in [4.69, 9.17) is 4.74 Å². The Morgan fingerprint density at radius 1 is 1.40 bits per heavy atom. The van der Waals surface area contributed by atoms with Crippen LogP contribution in [-0.4, -0.2) is 41.8 Å². The van der Waals surface area contributed by atoms with E-state index in [2.05, 4.69) is 26.9 Å². The Labute approximate surface area is 129 Å². The first-order chi connectivity index (χ1) is 9.62. The van der Waals surface area contributed by atoms with E-state index in [1.807, 2.05) is 12.1 Å². The highest BCUT2D eigenvalue weighted by atomic mass is 79.9. The van der Waals surface area contributed by atoms with Crippen molar-refractivity contribution in [3.63, 3.8) is 0 Å². The summed E-state index contributed by atoms with van der Waals surface area (Å²) in [7, 11) is 1.69.